The number of rotatable bonds is 7. The van der Waals surface area contributed by atoms with Crippen LogP contribution in [-0.2, 0) is 4.79 Å². The van der Waals surface area contributed by atoms with E-state index in [1.165, 1.54) is 12.8 Å². The van der Waals surface area contributed by atoms with Gasteiger partial charge in [-0.15, -0.1) is 0 Å². The maximum Gasteiger partial charge on any atom is 0.236 e. The molecule has 0 spiro atoms. The van der Waals surface area contributed by atoms with Crippen LogP contribution in [0.2, 0.25) is 0 Å². The molecule has 0 bridgehead atoms. The highest BCUT2D eigenvalue weighted by molar-refractivity contribution is 5.78. The molecule has 3 rings (SSSR count). The summed E-state index contributed by atoms with van der Waals surface area (Å²) in [5.41, 5.74) is 1.13. The minimum absolute atomic E-state index is 0.225. The Balaban J connectivity index is 1.48. The summed E-state index contributed by atoms with van der Waals surface area (Å²) in [6, 6.07) is 8.15. The van der Waals surface area contributed by atoms with E-state index >= 15 is 0 Å². The molecule has 126 valence electrons. The Kier molecular flexibility index (Phi) is 5.39. The summed E-state index contributed by atoms with van der Waals surface area (Å²) in [5, 5.41) is 3.29. The zero-order chi connectivity index (χ0) is 16.1. The van der Waals surface area contributed by atoms with E-state index in [1.54, 1.807) is 0 Å². The molecular formula is C18H27N3O2. The highest BCUT2D eigenvalue weighted by Crippen LogP contribution is 2.29. The zero-order valence-electron chi connectivity index (χ0n) is 14.0. The average Bonchev–Trinajstić information content (AvgIpc) is 3.40. The van der Waals surface area contributed by atoms with E-state index in [1.807, 2.05) is 30.0 Å². The van der Waals surface area contributed by atoms with Crippen LogP contribution in [-0.4, -0.2) is 56.7 Å². The summed E-state index contributed by atoms with van der Waals surface area (Å²) < 4.78 is 5.71. The van der Waals surface area contributed by atoms with E-state index in [0.29, 0.717) is 13.2 Å². The van der Waals surface area contributed by atoms with Crippen molar-refractivity contribution < 1.29 is 9.53 Å². The summed E-state index contributed by atoms with van der Waals surface area (Å²) >= 11 is 0. The van der Waals surface area contributed by atoms with Crippen molar-refractivity contribution in [2.75, 3.05) is 50.8 Å². The number of para-hydroxylation sites is 2. The first-order chi connectivity index (χ1) is 11.3. The molecule has 2 fully saturated rings. The molecule has 1 saturated carbocycles. The maximum absolute atomic E-state index is 12.2. The number of anilines is 1. The van der Waals surface area contributed by atoms with Gasteiger partial charge in [-0.25, -0.2) is 0 Å². The molecule has 2 aliphatic rings. The zero-order valence-corrected chi connectivity index (χ0v) is 14.0. The molecule has 1 heterocycles. The second-order valence-corrected chi connectivity index (χ2v) is 6.34. The normalized spacial score (nSPS) is 18.1. The van der Waals surface area contributed by atoms with Gasteiger partial charge in [0.05, 0.1) is 18.8 Å². The fraction of sp³-hybridized carbons (Fsp3) is 0.611. The Bertz CT molecular complexity index is 523. The summed E-state index contributed by atoms with van der Waals surface area (Å²) in [7, 11) is 0. The number of carbonyl (C=O) groups excluding carboxylic acids is 1. The highest BCUT2D eigenvalue weighted by Gasteiger charge is 2.24. The van der Waals surface area contributed by atoms with Gasteiger partial charge in [0.25, 0.3) is 0 Å². The lowest BCUT2D eigenvalue weighted by Gasteiger charge is -2.36. The maximum atomic E-state index is 12.2. The molecule has 23 heavy (non-hydrogen) atoms. The topological polar surface area (TPSA) is 44.8 Å². The summed E-state index contributed by atoms with van der Waals surface area (Å²) in [6.07, 6.45) is 2.64. The number of piperazine rings is 1. The summed E-state index contributed by atoms with van der Waals surface area (Å²) in [6.45, 7) is 7.43. The molecule has 1 amide bonds. The first kappa shape index (κ1) is 16.1. The fourth-order valence-corrected chi connectivity index (χ4v) is 3.01. The summed E-state index contributed by atoms with van der Waals surface area (Å²) in [5.74, 6) is 1.97. The Hall–Kier alpha value is -1.75. The van der Waals surface area contributed by atoms with Crippen molar-refractivity contribution in [1.29, 1.82) is 0 Å². The van der Waals surface area contributed by atoms with Crippen LogP contribution < -0.4 is 15.0 Å². The average molecular weight is 317 g/mol. The van der Waals surface area contributed by atoms with Crippen LogP contribution in [0.5, 0.6) is 5.75 Å². The second kappa shape index (κ2) is 7.68. The predicted molar refractivity (Wildman–Crippen MR) is 92.0 cm³/mol. The third-order valence-corrected chi connectivity index (χ3v) is 4.54. The van der Waals surface area contributed by atoms with Crippen molar-refractivity contribution in [3.63, 3.8) is 0 Å². The van der Waals surface area contributed by atoms with Gasteiger partial charge < -0.3 is 19.9 Å². The first-order valence-corrected chi connectivity index (χ1v) is 8.73. The first-order valence-electron chi connectivity index (χ1n) is 8.73. The Morgan fingerprint density at radius 3 is 2.65 bits per heavy atom. The third kappa shape index (κ3) is 4.38. The van der Waals surface area contributed by atoms with E-state index in [4.69, 9.17) is 4.74 Å². The van der Waals surface area contributed by atoms with E-state index in [2.05, 4.69) is 16.3 Å². The van der Waals surface area contributed by atoms with Crippen LogP contribution in [0.15, 0.2) is 24.3 Å². The number of benzene rings is 1. The van der Waals surface area contributed by atoms with Gasteiger partial charge in [0, 0.05) is 26.2 Å². The van der Waals surface area contributed by atoms with Crippen molar-refractivity contribution in [2.24, 2.45) is 5.92 Å². The predicted octanol–water partition coefficient (Wildman–Crippen LogP) is 1.73. The van der Waals surface area contributed by atoms with Gasteiger partial charge >= 0.3 is 0 Å². The lowest BCUT2D eigenvalue weighted by molar-refractivity contribution is -0.130. The van der Waals surface area contributed by atoms with Crippen LogP contribution in [0.3, 0.4) is 0 Å². The number of ether oxygens (including phenoxy) is 1. The number of hydrogen-bond donors (Lipinski definition) is 1. The number of nitrogens with one attached hydrogen (secondary N) is 1. The van der Waals surface area contributed by atoms with Gasteiger partial charge in [0.2, 0.25) is 5.91 Å². The number of nitrogens with zero attached hydrogens (tertiary/aromatic N) is 2. The Labute approximate surface area is 138 Å². The SMILES string of the molecule is CCOc1ccccc1N1CCN(C(=O)CNCC2CC2)CC1. The lowest BCUT2D eigenvalue weighted by atomic mass is 10.2. The quantitative estimate of drug-likeness (QED) is 0.832. The summed E-state index contributed by atoms with van der Waals surface area (Å²) in [4.78, 5) is 16.5. The van der Waals surface area contributed by atoms with Crippen LogP contribution in [0.1, 0.15) is 19.8 Å². The van der Waals surface area contributed by atoms with E-state index in [-0.39, 0.29) is 5.91 Å². The fourth-order valence-electron chi connectivity index (χ4n) is 3.01. The monoisotopic (exact) mass is 317 g/mol. The molecule has 0 unspecified atom stereocenters. The van der Waals surface area contributed by atoms with Crippen molar-refractivity contribution in [1.82, 2.24) is 10.2 Å². The van der Waals surface area contributed by atoms with Crippen LogP contribution >= 0.6 is 0 Å². The molecule has 1 aromatic rings. The van der Waals surface area contributed by atoms with E-state index < -0.39 is 0 Å². The molecule has 1 aliphatic carbocycles. The third-order valence-electron chi connectivity index (χ3n) is 4.54. The Morgan fingerprint density at radius 2 is 1.96 bits per heavy atom. The van der Waals surface area contributed by atoms with Crippen LogP contribution in [0.25, 0.3) is 0 Å². The van der Waals surface area contributed by atoms with Crippen molar-refractivity contribution in [2.45, 2.75) is 19.8 Å². The molecule has 0 atom stereocenters. The minimum atomic E-state index is 0.225. The Morgan fingerprint density at radius 1 is 1.22 bits per heavy atom. The van der Waals surface area contributed by atoms with Crippen LogP contribution in [0.4, 0.5) is 5.69 Å². The van der Waals surface area contributed by atoms with E-state index in [0.717, 1.165) is 50.1 Å². The standard InChI is InChI=1S/C18H27N3O2/c1-2-23-17-6-4-3-5-16(17)20-9-11-21(12-10-20)18(22)14-19-13-15-7-8-15/h3-6,15,19H,2,7-14H2,1H3. The number of amides is 1. The molecule has 5 heteroatoms. The highest BCUT2D eigenvalue weighted by atomic mass is 16.5. The van der Waals surface area contributed by atoms with E-state index in [9.17, 15) is 4.79 Å². The molecule has 0 radical (unpaired) electrons. The smallest absolute Gasteiger partial charge is 0.236 e. The molecular weight excluding hydrogens is 290 g/mol. The number of carbonyl (C=O) groups is 1. The van der Waals surface area contributed by atoms with Gasteiger partial charge in [-0.2, -0.15) is 0 Å². The molecule has 5 nitrogen and oxygen atoms in total. The largest absolute Gasteiger partial charge is 0.492 e. The lowest BCUT2D eigenvalue weighted by Crippen LogP contribution is -2.51. The van der Waals surface area contributed by atoms with Crippen molar-refractivity contribution >= 4 is 11.6 Å². The minimum Gasteiger partial charge on any atom is -0.492 e. The van der Waals surface area contributed by atoms with Gasteiger partial charge in [-0.3, -0.25) is 4.79 Å². The van der Waals surface area contributed by atoms with Crippen molar-refractivity contribution in [3.8, 4) is 5.75 Å². The van der Waals surface area contributed by atoms with Gasteiger partial charge in [-0.1, -0.05) is 12.1 Å². The molecule has 1 N–H and O–H groups in total. The van der Waals surface area contributed by atoms with Gasteiger partial charge in [0.15, 0.2) is 0 Å². The molecule has 1 saturated heterocycles. The van der Waals surface area contributed by atoms with Crippen LogP contribution in [0, 0.1) is 5.92 Å². The molecule has 1 aliphatic heterocycles. The molecule has 0 aromatic heterocycles. The van der Waals surface area contributed by atoms with Gasteiger partial charge in [-0.05, 0) is 44.4 Å². The molecule has 1 aromatic carbocycles. The van der Waals surface area contributed by atoms with Gasteiger partial charge in [0.1, 0.15) is 5.75 Å². The number of hydrogen-bond acceptors (Lipinski definition) is 4. The second-order valence-electron chi connectivity index (χ2n) is 6.34. The van der Waals surface area contributed by atoms with Crippen molar-refractivity contribution in [3.05, 3.63) is 24.3 Å².